The molecule has 3 aliphatic rings. The van der Waals surface area contributed by atoms with Gasteiger partial charge in [0, 0.05) is 38.7 Å². The molecule has 0 radical (unpaired) electrons. The van der Waals surface area contributed by atoms with Crippen molar-refractivity contribution in [2.24, 2.45) is 11.8 Å². The highest BCUT2D eigenvalue weighted by molar-refractivity contribution is 8.17. The van der Waals surface area contributed by atoms with E-state index in [-0.39, 0.29) is 29.6 Å². The lowest BCUT2D eigenvalue weighted by atomic mass is 9.83. The van der Waals surface area contributed by atoms with Gasteiger partial charge in [0.25, 0.3) is 5.92 Å². The molecule has 1 saturated heterocycles. The van der Waals surface area contributed by atoms with E-state index < -0.39 is 27.2 Å². The SMILES string of the molecule is Cc1ccc(CN2CCC(C(C)(C)O)CC2)cc1S1(=O)([O-])N(C)c2ncccc2N1CC1CC1(F)F. The Labute approximate surface area is 211 Å². The van der Waals surface area contributed by atoms with Crippen molar-refractivity contribution in [3.8, 4) is 0 Å². The van der Waals surface area contributed by atoms with Crippen LogP contribution in [0.25, 0.3) is 0 Å². The van der Waals surface area contributed by atoms with Crippen LogP contribution < -0.4 is 8.61 Å². The van der Waals surface area contributed by atoms with Crippen molar-refractivity contribution in [1.82, 2.24) is 9.88 Å². The number of alkyl halides is 2. The summed E-state index contributed by atoms with van der Waals surface area (Å²) in [6.07, 6.45) is 2.94. The smallest absolute Gasteiger partial charge is 0.253 e. The molecule has 1 unspecified atom stereocenters. The quantitative estimate of drug-likeness (QED) is 0.618. The van der Waals surface area contributed by atoms with E-state index in [1.807, 2.05) is 19.9 Å². The summed E-state index contributed by atoms with van der Waals surface area (Å²) in [5, 5.41) is 10.3. The van der Waals surface area contributed by atoms with E-state index >= 15 is 0 Å². The molecule has 0 amide bonds. The average Bonchev–Trinajstić information content (AvgIpc) is 3.38. The zero-order chi connectivity index (χ0) is 26.1. The van der Waals surface area contributed by atoms with Crippen LogP contribution in [0.3, 0.4) is 0 Å². The third-order valence-corrected chi connectivity index (χ3v) is 11.6. The van der Waals surface area contributed by atoms with Gasteiger partial charge in [-0.05, 0) is 81.9 Å². The first-order valence-electron chi connectivity index (χ1n) is 12.5. The Morgan fingerprint density at radius 1 is 1.25 bits per heavy atom. The monoisotopic (exact) mass is 521 g/mol. The molecule has 10 heteroatoms. The maximum Gasteiger partial charge on any atom is 0.253 e. The van der Waals surface area contributed by atoms with Gasteiger partial charge in [-0.15, -0.1) is 0 Å². The van der Waals surface area contributed by atoms with Crippen molar-refractivity contribution in [3.63, 3.8) is 0 Å². The minimum Gasteiger partial charge on any atom is -0.732 e. The molecule has 7 nitrogen and oxygen atoms in total. The van der Waals surface area contributed by atoms with Crippen molar-refractivity contribution in [1.29, 1.82) is 0 Å². The molecule has 0 spiro atoms. The Bertz CT molecular complexity index is 1240. The number of nitrogens with zero attached hydrogens (tertiary/aromatic N) is 4. The molecule has 198 valence electrons. The number of sulfonamides is 2. The van der Waals surface area contributed by atoms with Gasteiger partial charge in [0.05, 0.1) is 16.2 Å². The van der Waals surface area contributed by atoms with Crippen molar-refractivity contribution in [2.45, 2.75) is 63.0 Å². The predicted octanol–water partition coefficient (Wildman–Crippen LogP) is 4.12. The summed E-state index contributed by atoms with van der Waals surface area (Å²) in [4.78, 5) is 6.66. The van der Waals surface area contributed by atoms with Gasteiger partial charge in [-0.3, -0.25) is 13.5 Å². The van der Waals surface area contributed by atoms with E-state index in [0.29, 0.717) is 17.8 Å². The highest BCUT2D eigenvalue weighted by atomic mass is 32.3. The lowest BCUT2D eigenvalue weighted by molar-refractivity contribution is -0.0136. The highest BCUT2D eigenvalue weighted by Gasteiger charge is 2.59. The maximum absolute atomic E-state index is 14.9. The molecular formula is C26H35F2N4O3S-. The number of halogens is 2. The van der Waals surface area contributed by atoms with Gasteiger partial charge in [-0.2, -0.15) is 9.72 Å². The molecule has 1 aliphatic carbocycles. The minimum atomic E-state index is -5.22. The molecule has 5 rings (SSSR count). The molecule has 1 saturated carbocycles. The van der Waals surface area contributed by atoms with Gasteiger partial charge in [0.15, 0.2) is 5.82 Å². The molecule has 2 fully saturated rings. The van der Waals surface area contributed by atoms with Crippen LogP contribution in [0.1, 0.15) is 44.2 Å². The van der Waals surface area contributed by atoms with Gasteiger partial charge in [0.1, 0.15) is 0 Å². The number of aromatic nitrogens is 1. The van der Waals surface area contributed by atoms with E-state index in [0.717, 1.165) is 40.1 Å². The van der Waals surface area contributed by atoms with Crippen LogP contribution in [0.2, 0.25) is 0 Å². The normalized spacial score (nSPS) is 26.3. The van der Waals surface area contributed by atoms with E-state index in [9.17, 15) is 22.6 Å². The zero-order valence-electron chi connectivity index (χ0n) is 21.3. The molecule has 1 N–H and O–H groups in total. The summed E-state index contributed by atoms with van der Waals surface area (Å²) < 4.78 is 59.9. The molecular weight excluding hydrogens is 486 g/mol. The van der Waals surface area contributed by atoms with Crippen LogP contribution in [0.5, 0.6) is 0 Å². The number of rotatable bonds is 6. The molecule has 1 aromatic carbocycles. The number of hydrogen-bond donors (Lipinski definition) is 1. The van der Waals surface area contributed by atoms with Crippen molar-refractivity contribution in [2.75, 3.05) is 35.3 Å². The summed E-state index contributed by atoms with van der Waals surface area (Å²) in [7, 11) is -3.77. The Kier molecular flexibility index (Phi) is 5.80. The fraction of sp³-hybridized carbons (Fsp3) is 0.577. The number of hydrogen-bond acceptors (Lipinski definition) is 5. The van der Waals surface area contributed by atoms with E-state index in [2.05, 4.69) is 9.88 Å². The Morgan fingerprint density at radius 3 is 2.53 bits per heavy atom. The number of piperidine rings is 1. The molecule has 3 heterocycles. The van der Waals surface area contributed by atoms with Gasteiger partial charge in [-0.1, -0.05) is 12.1 Å². The molecule has 36 heavy (non-hydrogen) atoms. The summed E-state index contributed by atoms with van der Waals surface area (Å²) in [6, 6.07) is 8.67. The van der Waals surface area contributed by atoms with Gasteiger partial charge < -0.3 is 9.66 Å². The standard InChI is InChI=1S/C26H36F2N4O3S/c1-18-7-8-19(16-31-12-9-20(10-13-31)25(2,3)33)14-23(18)36(34,35)30(4)24-22(6-5-11-29-24)32(36)17-21-15-26(21,27)28/h5-8,11,14,20-21,33H,9-10,12-13,15-17H2,1-4H3,(H,34,35)/p-1. The van der Waals surface area contributed by atoms with Crippen LogP contribution in [-0.2, 0) is 16.3 Å². The van der Waals surface area contributed by atoms with Crippen LogP contribution in [0, 0.1) is 18.8 Å². The predicted molar refractivity (Wildman–Crippen MR) is 136 cm³/mol. The second-order valence-corrected chi connectivity index (χ2v) is 14.2. The number of anilines is 2. The second kappa shape index (κ2) is 8.18. The van der Waals surface area contributed by atoms with Crippen molar-refractivity contribution >= 4 is 21.2 Å². The average molecular weight is 522 g/mol. The highest BCUT2D eigenvalue weighted by Crippen LogP contribution is 2.57. The van der Waals surface area contributed by atoms with Crippen molar-refractivity contribution < 1.29 is 22.6 Å². The fourth-order valence-electron chi connectivity index (χ4n) is 5.64. The number of aliphatic hydroxyl groups is 1. The molecule has 2 aliphatic heterocycles. The van der Waals surface area contributed by atoms with Crippen LogP contribution in [-0.4, -0.2) is 62.0 Å². The second-order valence-electron chi connectivity index (χ2n) is 11.2. The van der Waals surface area contributed by atoms with E-state index in [4.69, 9.17) is 0 Å². The van der Waals surface area contributed by atoms with Gasteiger partial charge in [0.2, 0.25) is 0 Å². The summed E-state index contributed by atoms with van der Waals surface area (Å²) in [6.45, 7) is 7.33. The molecule has 1 atom stereocenters. The number of benzene rings is 1. The van der Waals surface area contributed by atoms with Gasteiger partial charge >= 0.3 is 0 Å². The Hall–Kier alpha value is -2.14. The first kappa shape index (κ1) is 25.5. The molecule has 2 aromatic rings. The topological polar surface area (TPSA) is 83.0 Å². The van der Waals surface area contributed by atoms with Crippen molar-refractivity contribution in [3.05, 3.63) is 47.7 Å². The van der Waals surface area contributed by atoms with Crippen LogP contribution in [0.15, 0.2) is 41.4 Å². The van der Waals surface area contributed by atoms with E-state index in [1.54, 1.807) is 31.2 Å². The van der Waals surface area contributed by atoms with Crippen LogP contribution in [0.4, 0.5) is 20.3 Å². The molecule has 0 bridgehead atoms. The summed E-state index contributed by atoms with van der Waals surface area (Å²) in [5.74, 6) is -3.39. The number of aryl methyl sites for hydroxylation is 1. The summed E-state index contributed by atoms with van der Waals surface area (Å²) in [5.41, 5.74) is 1.01. The number of likely N-dealkylation sites (tertiary alicyclic amines) is 1. The number of pyridine rings is 1. The number of fused-ring (bicyclic) bond motifs is 1. The zero-order valence-corrected chi connectivity index (χ0v) is 22.1. The molecule has 1 aromatic heterocycles. The minimum absolute atomic E-state index is 0.111. The first-order valence-corrected chi connectivity index (χ1v) is 14.3. The third-order valence-electron chi connectivity index (χ3n) is 8.17. The largest absolute Gasteiger partial charge is 0.732 e. The fourth-order valence-corrected chi connectivity index (χ4v) is 8.82. The van der Waals surface area contributed by atoms with E-state index in [1.165, 1.54) is 13.2 Å². The summed E-state index contributed by atoms with van der Waals surface area (Å²) >= 11 is 0. The lowest BCUT2D eigenvalue weighted by Gasteiger charge is -2.62. The van der Waals surface area contributed by atoms with Crippen LogP contribution >= 0.6 is 0 Å². The Morgan fingerprint density at radius 2 is 1.92 bits per heavy atom. The first-order chi connectivity index (χ1) is 16.7. The van der Waals surface area contributed by atoms with Gasteiger partial charge in [-0.25, -0.2) is 18.0 Å². The maximum atomic E-state index is 14.9. The Balaban J connectivity index is 1.48. The lowest BCUT2D eigenvalue weighted by Crippen LogP contribution is -2.58. The third kappa shape index (κ3) is 4.02.